The summed E-state index contributed by atoms with van der Waals surface area (Å²) < 4.78 is 4.80. The Kier molecular flexibility index (Phi) is 5.83. The van der Waals surface area contributed by atoms with Crippen LogP contribution >= 0.6 is 11.8 Å². The van der Waals surface area contributed by atoms with E-state index in [9.17, 15) is 9.59 Å². The molecule has 1 aliphatic heterocycles. The number of hydrogen-bond donors (Lipinski definition) is 1. The van der Waals surface area contributed by atoms with Gasteiger partial charge in [0, 0.05) is 22.4 Å². The highest BCUT2D eigenvalue weighted by Gasteiger charge is 2.24. The number of hydrogen-bond acceptors (Lipinski definition) is 5. The topological polar surface area (TPSA) is 58.6 Å². The Morgan fingerprint density at radius 2 is 1.92 bits per heavy atom. The zero-order valence-corrected chi connectivity index (χ0v) is 15.7. The summed E-state index contributed by atoms with van der Waals surface area (Å²) in [6, 6.07) is 15.0. The maximum absolute atomic E-state index is 12.9. The van der Waals surface area contributed by atoms with E-state index in [1.165, 1.54) is 7.11 Å². The van der Waals surface area contributed by atoms with E-state index in [0.717, 1.165) is 17.0 Å². The molecule has 6 heteroatoms. The van der Waals surface area contributed by atoms with Crippen LogP contribution < -0.4 is 10.2 Å². The van der Waals surface area contributed by atoms with E-state index in [4.69, 9.17) is 4.74 Å². The summed E-state index contributed by atoms with van der Waals surface area (Å²) in [5, 5.41) is 3.55. The predicted molar refractivity (Wildman–Crippen MR) is 105 cm³/mol. The molecular formula is C20H22N2O3S. The first-order valence-electron chi connectivity index (χ1n) is 8.57. The summed E-state index contributed by atoms with van der Waals surface area (Å²) in [5.74, 6) is -0.447. The molecular weight excluding hydrogens is 348 g/mol. The van der Waals surface area contributed by atoms with Crippen molar-refractivity contribution in [3.8, 4) is 0 Å². The van der Waals surface area contributed by atoms with Crippen molar-refractivity contribution in [2.45, 2.75) is 23.5 Å². The molecule has 3 rings (SSSR count). The summed E-state index contributed by atoms with van der Waals surface area (Å²) in [4.78, 5) is 27.7. The Labute approximate surface area is 157 Å². The van der Waals surface area contributed by atoms with Crippen molar-refractivity contribution in [1.82, 2.24) is 0 Å². The van der Waals surface area contributed by atoms with Gasteiger partial charge in [-0.1, -0.05) is 31.2 Å². The fourth-order valence-electron chi connectivity index (χ4n) is 2.94. The fraction of sp³-hybridized carbons (Fsp3) is 0.300. The van der Waals surface area contributed by atoms with Gasteiger partial charge in [-0.2, -0.15) is 0 Å². The van der Waals surface area contributed by atoms with E-state index >= 15 is 0 Å². The molecule has 1 unspecified atom stereocenters. The van der Waals surface area contributed by atoms with Gasteiger partial charge >= 0.3 is 5.97 Å². The summed E-state index contributed by atoms with van der Waals surface area (Å²) in [6.07, 6.45) is 0.934. The van der Waals surface area contributed by atoms with Crippen LogP contribution in [0.2, 0.25) is 0 Å². The lowest BCUT2D eigenvalue weighted by Gasteiger charge is -2.23. The van der Waals surface area contributed by atoms with Crippen LogP contribution in [0.4, 0.5) is 11.4 Å². The molecule has 0 spiro atoms. The minimum Gasteiger partial charge on any atom is -0.465 e. The molecule has 1 heterocycles. The minimum absolute atomic E-state index is 0.0215. The monoisotopic (exact) mass is 370 g/mol. The summed E-state index contributed by atoms with van der Waals surface area (Å²) in [6.45, 7) is 2.98. The molecule has 2 aromatic rings. The van der Waals surface area contributed by atoms with Crippen molar-refractivity contribution < 1.29 is 14.3 Å². The van der Waals surface area contributed by atoms with Gasteiger partial charge in [0.2, 0.25) is 5.91 Å². The van der Waals surface area contributed by atoms with Crippen LogP contribution in [0.5, 0.6) is 0 Å². The second-order valence-corrected chi connectivity index (χ2v) is 7.60. The first-order valence-corrected chi connectivity index (χ1v) is 9.45. The number of anilines is 2. The number of nitrogens with zero attached hydrogens (tertiary/aromatic N) is 1. The van der Waals surface area contributed by atoms with Crippen LogP contribution in [0, 0.1) is 0 Å². The van der Waals surface area contributed by atoms with Gasteiger partial charge in [0.15, 0.2) is 0 Å². The Morgan fingerprint density at radius 1 is 1.19 bits per heavy atom. The van der Waals surface area contributed by atoms with Gasteiger partial charge in [0.25, 0.3) is 0 Å². The standard InChI is InChI=1S/C20H22N2O3S/c1-14-11-12-22(17-9-5-6-10-18(17)26-14)19(23)13-21-16-8-4-3-7-15(16)20(24)25-2/h3-10,14,21H,11-13H2,1-2H3. The van der Waals surface area contributed by atoms with Gasteiger partial charge < -0.3 is 15.0 Å². The molecule has 1 N–H and O–H groups in total. The van der Waals surface area contributed by atoms with Gasteiger partial charge in [0.05, 0.1) is 24.9 Å². The number of fused-ring (bicyclic) bond motifs is 1. The molecule has 0 fully saturated rings. The average molecular weight is 370 g/mol. The number of para-hydroxylation sites is 2. The van der Waals surface area contributed by atoms with Crippen molar-refractivity contribution in [2.24, 2.45) is 0 Å². The van der Waals surface area contributed by atoms with Crippen molar-refractivity contribution in [3.05, 3.63) is 54.1 Å². The number of amides is 1. The highest BCUT2D eigenvalue weighted by atomic mass is 32.2. The van der Waals surface area contributed by atoms with Crippen molar-refractivity contribution >= 4 is 35.0 Å². The molecule has 1 aliphatic rings. The van der Waals surface area contributed by atoms with E-state index in [1.807, 2.05) is 29.2 Å². The quantitative estimate of drug-likeness (QED) is 0.830. The highest BCUT2D eigenvalue weighted by Crippen LogP contribution is 2.37. The molecule has 2 aromatic carbocycles. The lowest BCUT2D eigenvalue weighted by molar-refractivity contribution is -0.117. The molecule has 1 amide bonds. The number of nitrogens with one attached hydrogen (secondary N) is 1. The third-order valence-corrected chi connectivity index (χ3v) is 5.54. The number of carbonyl (C=O) groups is 2. The smallest absolute Gasteiger partial charge is 0.339 e. The number of ether oxygens (including phenoxy) is 1. The second-order valence-electron chi connectivity index (χ2n) is 6.12. The number of methoxy groups -OCH3 is 1. The maximum Gasteiger partial charge on any atom is 0.339 e. The van der Waals surface area contributed by atoms with Gasteiger partial charge in [-0.15, -0.1) is 11.8 Å². The van der Waals surface area contributed by atoms with Crippen LogP contribution in [0.25, 0.3) is 0 Å². The second kappa shape index (κ2) is 8.27. The first kappa shape index (κ1) is 18.3. The molecule has 0 bridgehead atoms. The minimum atomic E-state index is -0.425. The molecule has 0 aliphatic carbocycles. The summed E-state index contributed by atoms with van der Waals surface area (Å²) >= 11 is 1.80. The van der Waals surface area contributed by atoms with E-state index in [2.05, 4.69) is 18.3 Å². The fourth-order valence-corrected chi connectivity index (χ4v) is 4.05. The zero-order valence-electron chi connectivity index (χ0n) is 14.9. The maximum atomic E-state index is 12.9. The number of thioether (sulfide) groups is 1. The largest absolute Gasteiger partial charge is 0.465 e. The van der Waals surface area contributed by atoms with Crippen LogP contribution in [-0.4, -0.2) is 37.3 Å². The van der Waals surface area contributed by atoms with Crippen LogP contribution in [-0.2, 0) is 9.53 Å². The number of carbonyl (C=O) groups excluding carboxylic acids is 2. The lowest BCUT2D eigenvalue weighted by Crippen LogP contribution is -2.36. The third kappa shape index (κ3) is 4.02. The van der Waals surface area contributed by atoms with E-state index in [-0.39, 0.29) is 12.5 Å². The molecule has 0 saturated carbocycles. The number of rotatable bonds is 4. The highest BCUT2D eigenvalue weighted by molar-refractivity contribution is 8.00. The Bertz CT molecular complexity index is 809. The van der Waals surface area contributed by atoms with E-state index < -0.39 is 5.97 Å². The van der Waals surface area contributed by atoms with Gasteiger partial charge in [-0.05, 0) is 30.7 Å². The number of benzene rings is 2. The Balaban J connectivity index is 1.76. The van der Waals surface area contributed by atoms with E-state index in [0.29, 0.717) is 23.0 Å². The van der Waals surface area contributed by atoms with E-state index in [1.54, 1.807) is 30.0 Å². The molecule has 5 nitrogen and oxygen atoms in total. The van der Waals surface area contributed by atoms with Gasteiger partial charge in [0.1, 0.15) is 0 Å². The van der Waals surface area contributed by atoms with Gasteiger partial charge in [-0.25, -0.2) is 4.79 Å². The van der Waals surface area contributed by atoms with Gasteiger partial charge in [-0.3, -0.25) is 4.79 Å². The summed E-state index contributed by atoms with van der Waals surface area (Å²) in [5.41, 5.74) is 1.97. The Hall–Kier alpha value is -2.47. The molecule has 0 radical (unpaired) electrons. The third-order valence-electron chi connectivity index (χ3n) is 4.31. The zero-order chi connectivity index (χ0) is 18.5. The van der Waals surface area contributed by atoms with Crippen molar-refractivity contribution in [1.29, 1.82) is 0 Å². The Morgan fingerprint density at radius 3 is 2.73 bits per heavy atom. The molecule has 1 atom stereocenters. The number of esters is 1. The molecule has 0 saturated heterocycles. The average Bonchev–Trinajstić information content (AvgIpc) is 2.84. The predicted octanol–water partition coefficient (Wildman–Crippen LogP) is 3.80. The van der Waals surface area contributed by atoms with Crippen LogP contribution in [0.3, 0.4) is 0 Å². The first-order chi connectivity index (χ1) is 12.6. The lowest BCUT2D eigenvalue weighted by atomic mass is 10.2. The molecule has 0 aromatic heterocycles. The van der Waals surface area contributed by atoms with Crippen molar-refractivity contribution in [2.75, 3.05) is 30.4 Å². The van der Waals surface area contributed by atoms with Crippen LogP contribution in [0.1, 0.15) is 23.7 Å². The van der Waals surface area contributed by atoms with Crippen molar-refractivity contribution in [3.63, 3.8) is 0 Å². The molecule has 136 valence electrons. The molecule has 26 heavy (non-hydrogen) atoms. The summed E-state index contributed by atoms with van der Waals surface area (Å²) in [7, 11) is 1.34. The SMILES string of the molecule is COC(=O)c1ccccc1NCC(=O)N1CCC(C)Sc2ccccc21. The normalized spacial score (nSPS) is 16.4. The van der Waals surface area contributed by atoms with Crippen LogP contribution in [0.15, 0.2) is 53.4 Å².